The zero-order chi connectivity index (χ0) is 17.2. The summed E-state index contributed by atoms with van der Waals surface area (Å²) < 4.78 is 14.2. The van der Waals surface area contributed by atoms with Crippen LogP contribution in [0.1, 0.15) is 11.1 Å². The van der Waals surface area contributed by atoms with Crippen LogP contribution in [0.25, 0.3) is 5.57 Å². The minimum Gasteiger partial charge on any atom is -0.503 e. The van der Waals surface area contributed by atoms with Crippen LogP contribution in [0.5, 0.6) is 0 Å². The molecule has 0 aliphatic carbocycles. The van der Waals surface area contributed by atoms with E-state index in [-0.39, 0.29) is 10.6 Å². The van der Waals surface area contributed by atoms with Gasteiger partial charge in [-0.1, -0.05) is 29.4 Å². The number of methoxy groups -OCH3 is 3. The highest BCUT2D eigenvalue weighted by molar-refractivity contribution is 7.81. The van der Waals surface area contributed by atoms with E-state index in [1.54, 1.807) is 24.3 Å². The molecule has 1 aromatic carbocycles. The number of rotatable bonds is 5. The Morgan fingerprint density at radius 2 is 1.78 bits per heavy atom. The Kier molecular flexibility index (Phi) is 7.41. The number of carbonyl (C=O) groups is 2. The van der Waals surface area contributed by atoms with Gasteiger partial charge in [0.2, 0.25) is 0 Å². The topological polar surface area (TPSA) is 83.4 Å². The van der Waals surface area contributed by atoms with Crippen molar-refractivity contribution in [2.45, 2.75) is 0 Å². The molecule has 23 heavy (non-hydrogen) atoms. The van der Waals surface area contributed by atoms with Gasteiger partial charge in [-0.05, 0) is 12.2 Å². The number of ether oxygens (including phenoxy) is 3. The monoisotopic (exact) mass is 337 g/mol. The van der Waals surface area contributed by atoms with Crippen molar-refractivity contribution in [1.29, 1.82) is 0 Å². The number of hydrogen-bond acceptors (Lipinski definition) is 8. The Hall–Kier alpha value is -2.74. The molecule has 1 rings (SSSR count). The van der Waals surface area contributed by atoms with Gasteiger partial charge < -0.3 is 19.0 Å². The van der Waals surface area contributed by atoms with E-state index in [0.29, 0.717) is 11.1 Å². The molecule has 8 heteroatoms. The Balaban J connectivity index is 3.06. The zero-order valence-electron chi connectivity index (χ0n) is 12.8. The molecule has 0 saturated carbocycles. The maximum atomic E-state index is 11.8. The quantitative estimate of drug-likeness (QED) is 0.154. The lowest BCUT2D eigenvalue weighted by atomic mass is 10.0. The SMILES string of the molecule is COC=C(C(=O)OC)c1ccccc1C=NOC(=O)C(=S)OC. The number of nitrogens with zero attached hydrogens (tertiary/aromatic N) is 1. The predicted octanol–water partition coefficient (Wildman–Crippen LogP) is 1.70. The summed E-state index contributed by atoms with van der Waals surface area (Å²) in [4.78, 5) is 27.7. The number of carbonyl (C=O) groups excluding carboxylic acids is 2. The third-order valence-electron chi connectivity index (χ3n) is 2.57. The molecule has 0 aliphatic heterocycles. The van der Waals surface area contributed by atoms with E-state index in [1.165, 1.54) is 33.8 Å². The maximum Gasteiger partial charge on any atom is 0.411 e. The van der Waals surface area contributed by atoms with Gasteiger partial charge in [0.25, 0.3) is 5.05 Å². The predicted molar refractivity (Wildman–Crippen MR) is 86.7 cm³/mol. The van der Waals surface area contributed by atoms with Crippen LogP contribution in [0, 0.1) is 0 Å². The van der Waals surface area contributed by atoms with Crippen LogP contribution in [0.4, 0.5) is 0 Å². The molecule has 0 saturated heterocycles. The van der Waals surface area contributed by atoms with Gasteiger partial charge in [-0.15, -0.1) is 0 Å². The first-order chi connectivity index (χ1) is 11.0. The molecular formula is C15H15NO6S. The van der Waals surface area contributed by atoms with Gasteiger partial charge in [0.05, 0.1) is 33.8 Å². The first kappa shape index (κ1) is 18.3. The fourth-order valence-corrected chi connectivity index (χ4v) is 1.59. The minimum absolute atomic E-state index is 0.191. The van der Waals surface area contributed by atoms with Crippen molar-refractivity contribution in [3.05, 3.63) is 41.7 Å². The largest absolute Gasteiger partial charge is 0.503 e. The molecule has 0 N–H and O–H groups in total. The Labute approximate surface area is 138 Å². The van der Waals surface area contributed by atoms with Crippen LogP contribution in [-0.4, -0.2) is 44.5 Å². The molecule has 1 aromatic rings. The van der Waals surface area contributed by atoms with Gasteiger partial charge in [0.1, 0.15) is 5.57 Å². The first-order valence-electron chi connectivity index (χ1n) is 6.28. The second kappa shape index (κ2) is 9.31. The van der Waals surface area contributed by atoms with Gasteiger partial charge >= 0.3 is 11.9 Å². The Bertz CT molecular complexity index is 653. The molecule has 0 aromatic heterocycles. The first-order valence-corrected chi connectivity index (χ1v) is 6.69. The van der Waals surface area contributed by atoms with Crippen molar-refractivity contribution in [2.24, 2.45) is 5.16 Å². The van der Waals surface area contributed by atoms with Gasteiger partial charge in [-0.25, -0.2) is 9.59 Å². The van der Waals surface area contributed by atoms with Crippen molar-refractivity contribution in [1.82, 2.24) is 0 Å². The molecule has 7 nitrogen and oxygen atoms in total. The summed E-state index contributed by atoms with van der Waals surface area (Å²) in [5, 5.41) is 3.19. The van der Waals surface area contributed by atoms with Gasteiger partial charge in [-0.2, -0.15) is 0 Å². The molecule has 0 radical (unpaired) electrons. The van der Waals surface area contributed by atoms with Crippen LogP contribution >= 0.6 is 12.2 Å². The Morgan fingerprint density at radius 1 is 1.09 bits per heavy atom. The molecule has 0 spiro atoms. The summed E-state index contributed by atoms with van der Waals surface area (Å²) in [5.74, 6) is -1.47. The fraction of sp³-hybridized carbons (Fsp3) is 0.200. The van der Waals surface area contributed by atoms with Crippen LogP contribution in [-0.2, 0) is 28.6 Å². The van der Waals surface area contributed by atoms with Crippen molar-refractivity contribution in [2.75, 3.05) is 21.3 Å². The molecule has 0 fully saturated rings. The van der Waals surface area contributed by atoms with Crippen LogP contribution in [0.2, 0.25) is 0 Å². The van der Waals surface area contributed by atoms with Gasteiger partial charge in [-0.3, -0.25) is 0 Å². The number of oxime groups is 1. The van der Waals surface area contributed by atoms with Crippen molar-refractivity contribution >= 4 is 41.0 Å². The average Bonchev–Trinajstić information content (AvgIpc) is 2.58. The van der Waals surface area contributed by atoms with E-state index in [4.69, 9.17) is 9.47 Å². The molecule has 0 heterocycles. The van der Waals surface area contributed by atoms with E-state index in [9.17, 15) is 9.59 Å². The molecule has 122 valence electrons. The summed E-state index contributed by atoms with van der Waals surface area (Å²) in [6.07, 6.45) is 2.52. The average molecular weight is 337 g/mol. The zero-order valence-corrected chi connectivity index (χ0v) is 13.6. The highest BCUT2D eigenvalue weighted by Gasteiger charge is 2.16. The van der Waals surface area contributed by atoms with Crippen molar-refractivity contribution < 1.29 is 28.6 Å². The van der Waals surface area contributed by atoms with E-state index in [2.05, 4.69) is 26.9 Å². The van der Waals surface area contributed by atoms with Gasteiger partial charge in [0.15, 0.2) is 0 Å². The van der Waals surface area contributed by atoms with E-state index < -0.39 is 11.9 Å². The normalized spacial score (nSPS) is 11.0. The van der Waals surface area contributed by atoms with E-state index in [0.717, 1.165) is 0 Å². The standard InChI is InChI=1S/C15H15NO6S/c1-19-9-12(13(17)20-2)11-7-5-4-6-10(11)8-16-22-14(18)15(23)21-3/h4-9H,1-3H3. The lowest BCUT2D eigenvalue weighted by molar-refractivity contribution is -0.136. The van der Waals surface area contributed by atoms with Crippen LogP contribution in [0.3, 0.4) is 0 Å². The summed E-state index contributed by atoms with van der Waals surface area (Å²) in [6.45, 7) is 0. The highest BCUT2D eigenvalue weighted by Crippen LogP contribution is 2.19. The second-order valence-electron chi connectivity index (χ2n) is 3.95. The lowest BCUT2D eigenvalue weighted by Gasteiger charge is -2.08. The van der Waals surface area contributed by atoms with Gasteiger partial charge in [0, 0.05) is 11.1 Å². The fourth-order valence-electron chi connectivity index (χ4n) is 1.56. The third-order valence-corrected chi connectivity index (χ3v) is 2.90. The molecule has 0 amide bonds. The molecule has 0 bridgehead atoms. The summed E-state index contributed by atoms with van der Waals surface area (Å²) in [5.41, 5.74) is 1.20. The molecule has 0 aliphatic rings. The smallest absolute Gasteiger partial charge is 0.411 e. The Morgan fingerprint density at radius 3 is 2.39 bits per heavy atom. The third kappa shape index (κ3) is 5.19. The maximum absolute atomic E-state index is 11.8. The van der Waals surface area contributed by atoms with Crippen molar-refractivity contribution in [3.8, 4) is 0 Å². The molecule has 0 atom stereocenters. The van der Waals surface area contributed by atoms with Crippen LogP contribution < -0.4 is 0 Å². The summed E-state index contributed by atoms with van der Waals surface area (Å²) in [6, 6.07) is 6.80. The highest BCUT2D eigenvalue weighted by atomic mass is 32.1. The van der Waals surface area contributed by atoms with E-state index >= 15 is 0 Å². The summed E-state index contributed by atoms with van der Waals surface area (Å²) in [7, 11) is 3.92. The lowest BCUT2D eigenvalue weighted by Crippen LogP contribution is -2.14. The number of hydrogen-bond donors (Lipinski definition) is 0. The molecular weight excluding hydrogens is 322 g/mol. The minimum atomic E-state index is -0.892. The summed E-state index contributed by atoms with van der Waals surface area (Å²) >= 11 is 4.60. The van der Waals surface area contributed by atoms with E-state index in [1.807, 2.05) is 0 Å². The van der Waals surface area contributed by atoms with Crippen LogP contribution in [0.15, 0.2) is 35.7 Å². The van der Waals surface area contributed by atoms with Crippen molar-refractivity contribution in [3.63, 3.8) is 0 Å². The second-order valence-corrected chi connectivity index (χ2v) is 4.32. The number of benzene rings is 1. The number of esters is 1. The number of thiocarbonyl (C=S) groups is 1. The molecule has 0 unspecified atom stereocenters.